The molecule has 7 N–H and O–H groups in total. The zero-order chi connectivity index (χ0) is 47.9. The molecule has 0 saturated heterocycles. The van der Waals surface area contributed by atoms with Gasteiger partial charge in [0.15, 0.2) is 0 Å². The predicted molar refractivity (Wildman–Crippen MR) is 247 cm³/mol. The van der Waals surface area contributed by atoms with E-state index >= 15 is 0 Å². The van der Waals surface area contributed by atoms with Crippen LogP contribution in [0, 0.1) is 17.8 Å². The van der Waals surface area contributed by atoms with Gasteiger partial charge >= 0.3 is 6.03 Å². The van der Waals surface area contributed by atoms with Gasteiger partial charge in [0.25, 0.3) is 0 Å². The van der Waals surface area contributed by atoms with Gasteiger partial charge in [0.2, 0.25) is 23.6 Å². The van der Waals surface area contributed by atoms with E-state index in [9.17, 15) is 24.0 Å². The van der Waals surface area contributed by atoms with E-state index in [0.717, 1.165) is 18.4 Å². The van der Waals surface area contributed by atoms with Crippen molar-refractivity contribution in [1.82, 2.24) is 21.3 Å². The van der Waals surface area contributed by atoms with E-state index < -0.39 is 29.9 Å². The van der Waals surface area contributed by atoms with Gasteiger partial charge in [-0.3, -0.25) is 19.2 Å². The topological polar surface area (TPSA) is 245 Å². The Hall–Kier alpha value is -3.95. The number of hydrogen-bond acceptors (Lipinski definition) is 13. The first-order valence-electron chi connectivity index (χ1n) is 23.2. The smallest absolute Gasteiger partial charge is 0.312 e. The van der Waals surface area contributed by atoms with Crippen molar-refractivity contribution in [1.29, 1.82) is 0 Å². The Morgan fingerprint density at radius 2 is 0.985 bits per heavy atom. The quantitative estimate of drug-likeness (QED) is 0.0518. The van der Waals surface area contributed by atoms with Crippen LogP contribution >= 0.6 is 0 Å². The van der Waals surface area contributed by atoms with Crippen molar-refractivity contribution >= 4 is 35.3 Å². The van der Waals surface area contributed by atoms with Crippen LogP contribution in [0.1, 0.15) is 79.2 Å². The zero-order valence-corrected chi connectivity index (χ0v) is 40.1. The van der Waals surface area contributed by atoms with Crippen molar-refractivity contribution in [3.8, 4) is 0 Å². The van der Waals surface area contributed by atoms with Gasteiger partial charge in [-0.15, -0.1) is 0 Å². The first-order valence-corrected chi connectivity index (χ1v) is 23.2. The fourth-order valence-electron chi connectivity index (χ4n) is 5.83. The lowest BCUT2D eigenvalue weighted by atomic mass is 10.0. The third kappa shape index (κ3) is 35.0. The molecule has 19 nitrogen and oxygen atoms in total. The number of urea groups is 1. The largest absolute Gasteiger partial charge is 0.379 e. The van der Waals surface area contributed by atoms with Crippen molar-refractivity contribution in [3.05, 3.63) is 29.8 Å². The number of primary amides is 1. The standard InChI is InChI=1S/C46H82N6O13/c1-35(2)9-14-41(53)48-17-19-59-21-23-61-25-27-63-29-31-65-33-32-64-30-28-62-26-24-60-22-20-58-18-15-42(54)52-43(37(5)6)45(56)51-40(8-7-16-49-46(47)57)44(55)50-39-12-10-38(11-13-39)34-36(3)4/h10-13,35-37,40,43H,7-9,14-34H2,1-6H3,(H,48,53)(H,50,55)(H,51,56)(H,52,54)(H3,47,49,57)/t40-,43-/m0/s1. The maximum Gasteiger partial charge on any atom is 0.312 e. The molecule has 1 aromatic rings. The van der Waals surface area contributed by atoms with E-state index in [1.807, 2.05) is 24.3 Å². The minimum absolute atomic E-state index is 0.0326. The van der Waals surface area contributed by atoms with Gasteiger partial charge in [0.05, 0.1) is 106 Å². The number of hydrogen-bond donors (Lipinski definition) is 6. The molecule has 0 bridgehead atoms. The van der Waals surface area contributed by atoms with Crippen molar-refractivity contribution in [2.24, 2.45) is 23.5 Å². The highest BCUT2D eigenvalue weighted by Crippen LogP contribution is 2.14. The predicted octanol–water partition coefficient (Wildman–Crippen LogP) is 2.97. The summed E-state index contributed by atoms with van der Waals surface area (Å²) in [6.07, 6.45) is 2.99. The van der Waals surface area contributed by atoms with Crippen molar-refractivity contribution in [2.75, 3.05) is 124 Å². The van der Waals surface area contributed by atoms with Gasteiger partial charge in [0.1, 0.15) is 12.1 Å². The summed E-state index contributed by atoms with van der Waals surface area (Å²) in [5.41, 5.74) is 6.92. The molecule has 0 fully saturated rings. The molecule has 0 aliphatic carbocycles. The Kier molecular flexibility index (Phi) is 35.7. The molecule has 0 aliphatic heterocycles. The van der Waals surface area contributed by atoms with E-state index in [4.69, 9.17) is 43.6 Å². The van der Waals surface area contributed by atoms with Crippen LogP contribution < -0.4 is 32.3 Å². The SMILES string of the molecule is CC(C)CCC(=O)NCCOCCOCCOCCOCCOCCOCCOCCOCCC(=O)N[C@H](C(=O)N[C@@H](CCCNC(N)=O)C(=O)Nc1ccc(CC(C)C)cc1)C(C)C. The van der Waals surface area contributed by atoms with Crippen LogP contribution in [0.3, 0.4) is 0 Å². The molecule has 0 spiro atoms. The number of nitrogens with two attached hydrogens (primary N) is 1. The Balaban J connectivity index is 2.09. The molecule has 6 amide bonds. The lowest BCUT2D eigenvalue weighted by Crippen LogP contribution is -2.54. The summed E-state index contributed by atoms with van der Waals surface area (Å²) < 4.78 is 44.0. The third-order valence-corrected chi connectivity index (χ3v) is 9.33. The van der Waals surface area contributed by atoms with Crippen LogP contribution in [-0.4, -0.2) is 161 Å². The van der Waals surface area contributed by atoms with Crippen LogP contribution in [0.5, 0.6) is 0 Å². The van der Waals surface area contributed by atoms with Gasteiger partial charge in [-0.05, 0) is 61.1 Å². The Morgan fingerprint density at radius 1 is 0.508 bits per heavy atom. The lowest BCUT2D eigenvalue weighted by molar-refractivity contribution is -0.132. The van der Waals surface area contributed by atoms with Crippen LogP contribution in [0.4, 0.5) is 10.5 Å². The molecule has 0 aliphatic rings. The average Bonchev–Trinajstić information content (AvgIpc) is 3.25. The summed E-state index contributed by atoms with van der Waals surface area (Å²) in [6.45, 7) is 19.3. The second kappa shape index (κ2) is 39.2. The van der Waals surface area contributed by atoms with Gasteiger partial charge in [0, 0.05) is 31.6 Å². The number of amides is 6. The fraction of sp³-hybridized carbons (Fsp3) is 0.761. The van der Waals surface area contributed by atoms with Crippen LogP contribution in [-0.2, 0) is 63.5 Å². The summed E-state index contributed by atoms with van der Waals surface area (Å²) in [4.78, 5) is 62.3. The Bertz CT molecular complexity index is 1400. The second-order valence-corrected chi connectivity index (χ2v) is 16.5. The van der Waals surface area contributed by atoms with E-state index in [0.29, 0.717) is 129 Å². The minimum atomic E-state index is -0.926. The summed E-state index contributed by atoms with van der Waals surface area (Å²) in [7, 11) is 0. The molecule has 1 aromatic carbocycles. The molecule has 2 atom stereocenters. The molecular formula is C46H82N6O13. The molecule has 0 radical (unpaired) electrons. The Morgan fingerprint density at radius 3 is 1.43 bits per heavy atom. The highest BCUT2D eigenvalue weighted by atomic mass is 16.6. The number of ether oxygens (including phenoxy) is 8. The number of carbonyl (C=O) groups is 5. The highest BCUT2D eigenvalue weighted by Gasteiger charge is 2.29. The average molecular weight is 927 g/mol. The third-order valence-electron chi connectivity index (χ3n) is 9.33. The molecule has 374 valence electrons. The molecule has 0 heterocycles. The zero-order valence-electron chi connectivity index (χ0n) is 40.1. The number of anilines is 1. The fourth-order valence-corrected chi connectivity index (χ4v) is 5.83. The van der Waals surface area contributed by atoms with E-state index in [-0.39, 0.29) is 50.3 Å². The van der Waals surface area contributed by atoms with E-state index in [2.05, 4.69) is 54.3 Å². The first-order chi connectivity index (χ1) is 31.3. The van der Waals surface area contributed by atoms with Crippen molar-refractivity contribution in [3.63, 3.8) is 0 Å². The molecular weight excluding hydrogens is 845 g/mol. The van der Waals surface area contributed by atoms with Gasteiger partial charge < -0.3 is 70.2 Å². The maximum atomic E-state index is 13.4. The summed E-state index contributed by atoms with van der Waals surface area (Å²) in [5, 5.41) is 13.8. The summed E-state index contributed by atoms with van der Waals surface area (Å²) >= 11 is 0. The number of rotatable bonds is 42. The minimum Gasteiger partial charge on any atom is -0.379 e. The van der Waals surface area contributed by atoms with Crippen LogP contribution in [0.25, 0.3) is 0 Å². The molecule has 65 heavy (non-hydrogen) atoms. The van der Waals surface area contributed by atoms with E-state index in [1.165, 1.54) is 0 Å². The normalized spacial score (nSPS) is 12.3. The summed E-state index contributed by atoms with van der Waals surface area (Å²) in [5.74, 6) is -0.478. The Labute approximate surface area is 387 Å². The van der Waals surface area contributed by atoms with Crippen LogP contribution in [0.2, 0.25) is 0 Å². The molecule has 1 rings (SSSR count). The van der Waals surface area contributed by atoms with Gasteiger partial charge in [-0.25, -0.2) is 4.79 Å². The van der Waals surface area contributed by atoms with E-state index in [1.54, 1.807) is 13.8 Å². The second-order valence-electron chi connectivity index (χ2n) is 16.5. The monoisotopic (exact) mass is 927 g/mol. The number of nitrogens with one attached hydrogen (secondary N) is 5. The van der Waals surface area contributed by atoms with Crippen LogP contribution in [0.15, 0.2) is 24.3 Å². The van der Waals surface area contributed by atoms with Crippen molar-refractivity contribution in [2.45, 2.75) is 92.2 Å². The first kappa shape index (κ1) is 59.1. The molecule has 19 heteroatoms. The summed E-state index contributed by atoms with van der Waals surface area (Å²) in [6, 6.07) is 5.07. The molecule has 0 saturated carbocycles. The molecule has 0 unspecified atom stereocenters. The number of carbonyl (C=O) groups excluding carboxylic acids is 5. The highest BCUT2D eigenvalue weighted by molar-refractivity contribution is 5.98. The van der Waals surface area contributed by atoms with Crippen molar-refractivity contribution < 1.29 is 61.9 Å². The maximum absolute atomic E-state index is 13.4. The molecule has 0 aromatic heterocycles. The van der Waals surface area contributed by atoms with Gasteiger partial charge in [-0.2, -0.15) is 0 Å². The number of benzene rings is 1. The lowest BCUT2D eigenvalue weighted by Gasteiger charge is -2.25. The van der Waals surface area contributed by atoms with Gasteiger partial charge in [-0.1, -0.05) is 53.7 Å².